The Morgan fingerprint density at radius 1 is 1.15 bits per heavy atom. The quantitative estimate of drug-likeness (QED) is 0.621. The van der Waals surface area contributed by atoms with Gasteiger partial charge in [0.05, 0.1) is 6.61 Å². The molecule has 3 aliphatic rings. The van der Waals surface area contributed by atoms with Gasteiger partial charge >= 0.3 is 0 Å². The molecular weight excluding hydrogens is 254 g/mol. The van der Waals surface area contributed by atoms with Gasteiger partial charge < -0.3 is 20.1 Å². The molecule has 0 saturated carbocycles. The molecule has 2 N–H and O–H groups in total. The number of fused-ring (bicyclic) bond motifs is 3. The summed E-state index contributed by atoms with van der Waals surface area (Å²) in [6.45, 7) is 8.02. The normalized spacial score (nSPS) is 33.0. The number of rotatable bonds is 9. The molecule has 5 heteroatoms. The summed E-state index contributed by atoms with van der Waals surface area (Å²) in [5, 5.41) is 0. The fraction of sp³-hybridized carbons (Fsp3) is 1.00. The highest BCUT2D eigenvalue weighted by Crippen LogP contribution is 2.39. The molecule has 5 nitrogen and oxygen atoms in total. The minimum Gasteiger partial charge on any atom is -0.385 e. The van der Waals surface area contributed by atoms with Gasteiger partial charge in [-0.3, -0.25) is 4.90 Å². The van der Waals surface area contributed by atoms with Crippen molar-refractivity contribution in [2.45, 2.75) is 24.8 Å². The number of methoxy groups -OCH3 is 2. The second kappa shape index (κ2) is 7.71. The second-order valence-corrected chi connectivity index (χ2v) is 6.18. The van der Waals surface area contributed by atoms with Crippen LogP contribution in [-0.4, -0.2) is 82.0 Å². The lowest BCUT2D eigenvalue weighted by Gasteiger charge is -2.58. The van der Waals surface area contributed by atoms with Crippen LogP contribution in [0, 0.1) is 5.92 Å². The summed E-state index contributed by atoms with van der Waals surface area (Å²) in [5.74, 6) is 0.747. The Morgan fingerprint density at radius 2 is 1.85 bits per heavy atom. The van der Waals surface area contributed by atoms with Crippen molar-refractivity contribution in [2.24, 2.45) is 11.7 Å². The lowest BCUT2D eigenvalue weighted by molar-refractivity contribution is -0.0750. The molecule has 0 aromatic rings. The van der Waals surface area contributed by atoms with Gasteiger partial charge in [-0.15, -0.1) is 0 Å². The average molecular weight is 285 g/mol. The first kappa shape index (κ1) is 16.2. The number of hydrogen-bond acceptors (Lipinski definition) is 5. The van der Waals surface area contributed by atoms with E-state index in [9.17, 15) is 0 Å². The van der Waals surface area contributed by atoms with E-state index in [1.807, 2.05) is 0 Å². The Bertz CT molecular complexity index is 282. The van der Waals surface area contributed by atoms with Gasteiger partial charge in [-0.1, -0.05) is 0 Å². The van der Waals surface area contributed by atoms with Crippen LogP contribution in [0.15, 0.2) is 0 Å². The first-order valence-corrected chi connectivity index (χ1v) is 7.92. The van der Waals surface area contributed by atoms with E-state index in [2.05, 4.69) is 9.80 Å². The molecule has 3 rings (SSSR count). The van der Waals surface area contributed by atoms with Crippen LogP contribution in [0.25, 0.3) is 0 Å². The van der Waals surface area contributed by atoms with E-state index in [-0.39, 0.29) is 5.54 Å². The molecule has 1 atom stereocenters. The highest BCUT2D eigenvalue weighted by Gasteiger charge is 2.48. The largest absolute Gasteiger partial charge is 0.385 e. The Hall–Kier alpha value is -0.200. The van der Waals surface area contributed by atoms with Crippen LogP contribution < -0.4 is 5.73 Å². The average Bonchev–Trinajstić information content (AvgIpc) is 2.51. The summed E-state index contributed by atoms with van der Waals surface area (Å²) in [6.07, 6.45) is 3.66. The van der Waals surface area contributed by atoms with Crippen molar-refractivity contribution < 1.29 is 9.47 Å². The van der Waals surface area contributed by atoms with Crippen molar-refractivity contribution in [3.8, 4) is 0 Å². The molecule has 1 unspecified atom stereocenters. The van der Waals surface area contributed by atoms with Crippen molar-refractivity contribution in [2.75, 3.05) is 66.7 Å². The van der Waals surface area contributed by atoms with Gasteiger partial charge in [0.1, 0.15) is 0 Å². The fourth-order valence-electron chi connectivity index (χ4n) is 4.02. The van der Waals surface area contributed by atoms with Gasteiger partial charge in [0.15, 0.2) is 0 Å². The number of nitrogens with zero attached hydrogens (tertiary/aromatic N) is 2. The first-order valence-electron chi connectivity index (χ1n) is 7.92. The van der Waals surface area contributed by atoms with Gasteiger partial charge in [0, 0.05) is 52.5 Å². The standard InChI is InChI=1S/C15H31N3O2/c1-19-10-3-6-18(9-11-20-2)15(12-16)13-17-7-4-14(15)5-8-17/h14H,3-13,16H2,1-2H3. The molecule has 0 aliphatic carbocycles. The Balaban J connectivity index is 2.06. The van der Waals surface area contributed by atoms with Crippen LogP contribution in [-0.2, 0) is 9.47 Å². The lowest BCUT2D eigenvalue weighted by atomic mass is 9.71. The third kappa shape index (κ3) is 3.34. The van der Waals surface area contributed by atoms with Crippen LogP contribution in [0.3, 0.4) is 0 Å². The van der Waals surface area contributed by atoms with Crippen molar-refractivity contribution >= 4 is 0 Å². The summed E-state index contributed by atoms with van der Waals surface area (Å²) < 4.78 is 10.5. The molecule has 3 saturated heterocycles. The van der Waals surface area contributed by atoms with Gasteiger partial charge in [0.2, 0.25) is 0 Å². The molecule has 0 spiro atoms. The van der Waals surface area contributed by atoms with Gasteiger partial charge in [-0.2, -0.15) is 0 Å². The van der Waals surface area contributed by atoms with Crippen molar-refractivity contribution in [1.29, 1.82) is 0 Å². The number of ether oxygens (including phenoxy) is 2. The maximum absolute atomic E-state index is 6.26. The molecule has 0 aromatic heterocycles. The third-order valence-corrected chi connectivity index (χ3v) is 5.17. The molecule has 3 heterocycles. The predicted molar refractivity (Wildman–Crippen MR) is 80.9 cm³/mol. The molecule has 118 valence electrons. The molecule has 2 bridgehead atoms. The first-order chi connectivity index (χ1) is 9.76. The maximum Gasteiger partial charge on any atom is 0.0589 e. The van der Waals surface area contributed by atoms with E-state index in [0.29, 0.717) is 0 Å². The Kier molecular flexibility index (Phi) is 6.23. The molecule has 3 fully saturated rings. The summed E-state index contributed by atoms with van der Waals surface area (Å²) in [7, 11) is 3.55. The predicted octanol–water partition coefficient (Wildman–Crippen LogP) is 0.394. The summed E-state index contributed by atoms with van der Waals surface area (Å²) in [5.41, 5.74) is 6.42. The van der Waals surface area contributed by atoms with E-state index in [0.717, 1.165) is 51.7 Å². The smallest absolute Gasteiger partial charge is 0.0589 e. The Morgan fingerprint density at radius 3 is 2.35 bits per heavy atom. The van der Waals surface area contributed by atoms with Crippen molar-refractivity contribution in [3.05, 3.63) is 0 Å². The number of nitrogens with two attached hydrogens (primary N) is 1. The van der Waals surface area contributed by atoms with Crippen LogP contribution >= 0.6 is 0 Å². The number of piperidine rings is 3. The summed E-state index contributed by atoms with van der Waals surface area (Å²) in [6, 6.07) is 0. The van der Waals surface area contributed by atoms with E-state index in [1.54, 1.807) is 14.2 Å². The third-order valence-electron chi connectivity index (χ3n) is 5.17. The Labute approximate surface area is 123 Å². The molecule has 3 aliphatic heterocycles. The number of hydrogen-bond donors (Lipinski definition) is 1. The van der Waals surface area contributed by atoms with E-state index in [1.165, 1.54) is 25.9 Å². The fourth-order valence-corrected chi connectivity index (χ4v) is 4.02. The molecular formula is C15H31N3O2. The van der Waals surface area contributed by atoms with Gasteiger partial charge in [-0.05, 0) is 38.3 Å². The summed E-state index contributed by atoms with van der Waals surface area (Å²) in [4.78, 5) is 5.18. The van der Waals surface area contributed by atoms with E-state index in [4.69, 9.17) is 15.2 Å². The van der Waals surface area contributed by atoms with E-state index < -0.39 is 0 Å². The zero-order chi connectivity index (χ0) is 14.4. The molecule has 20 heavy (non-hydrogen) atoms. The van der Waals surface area contributed by atoms with Crippen LogP contribution in [0.1, 0.15) is 19.3 Å². The topological polar surface area (TPSA) is 51.0 Å². The minimum absolute atomic E-state index is 0.156. The molecule has 0 amide bonds. The van der Waals surface area contributed by atoms with E-state index >= 15 is 0 Å². The van der Waals surface area contributed by atoms with Crippen LogP contribution in [0.2, 0.25) is 0 Å². The SMILES string of the molecule is COCCCN(CCOC)C1(CN)CN2CCC1CC2. The van der Waals surface area contributed by atoms with Crippen molar-refractivity contribution in [1.82, 2.24) is 9.80 Å². The lowest BCUT2D eigenvalue weighted by Crippen LogP contribution is -2.70. The van der Waals surface area contributed by atoms with Crippen molar-refractivity contribution in [3.63, 3.8) is 0 Å². The van der Waals surface area contributed by atoms with Gasteiger partial charge in [0.25, 0.3) is 0 Å². The van der Waals surface area contributed by atoms with Crippen LogP contribution in [0.5, 0.6) is 0 Å². The summed E-state index contributed by atoms with van der Waals surface area (Å²) >= 11 is 0. The van der Waals surface area contributed by atoms with Crippen LogP contribution in [0.4, 0.5) is 0 Å². The molecule has 0 aromatic carbocycles. The van der Waals surface area contributed by atoms with Gasteiger partial charge in [-0.25, -0.2) is 0 Å². The second-order valence-electron chi connectivity index (χ2n) is 6.18. The zero-order valence-corrected chi connectivity index (χ0v) is 13.1. The zero-order valence-electron chi connectivity index (χ0n) is 13.1. The minimum atomic E-state index is 0.156. The maximum atomic E-state index is 6.26. The highest BCUT2D eigenvalue weighted by molar-refractivity contribution is 5.06. The monoisotopic (exact) mass is 285 g/mol. The highest BCUT2D eigenvalue weighted by atomic mass is 16.5. The molecule has 0 radical (unpaired) electrons.